The van der Waals surface area contributed by atoms with Crippen LogP contribution in [0.15, 0.2) is 66.3 Å². The average molecular weight is 459 g/mol. The number of carboxylic acids is 1. The maximum Gasteiger partial charge on any atom is 0.335 e. The Labute approximate surface area is 187 Å². The number of hydrogen-bond donors (Lipinski definition) is 2. The minimum absolute atomic E-state index is 0.0288. The number of nitrogens with one attached hydrogen (secondary N) is 1. The lowest BCUT2D eigenvalue weighted by atomic mass is 10.2. The zero-order valence-electron chi connectivity index (χ0n) is 16.3. The van der Waals surface area contributed by atoms with Crippen LogP contribution in [0.3, 0.4) is 0 Å². The van der Waals surface area contributed by atoms with E-state index in [2.05, 4.69) is 22.1 Å². The zero-order valence-corrected chi connectivity index (χ0v) is 17.9. The normalized spacial score (nSPS) is 10.5. The molecule has 1 aromatic heterocycles. The number of benzene rings is 2. The van der Waals surface area contributed by atoms with Crippen LogP contribution in [0.1, 0.15) is 16.2 Å². The zero-order chi connectivity index (χ0) is 22.2. The van der Waals surface area contributed by atoms with Crippen LogP contribution in [0, 0.1) is 0 Å². The van der Waals surface area contributed by atoms with Crippen LogP contribution >= 0.6 is 23.4 Å². The Kier molecular flexibility index (Phi) is 7.69. The summed E-state index contributed by atoms with van der Waals surface area (Å²) in [6.07, 6.45) is 1.71. The molecule has 0 spiro atoms. The van der Waals surface area contributed by atoms with Crippen molar-refractivity contribution in [3.63, 3.8) is 0 Å². The van der Waals surface area contributed by atoms with Crippen LogP contribution in [0.2, 0.25) is 5.02 Å². The maximum atomic E-state index is 12.4. The molecule has 2 N–H and O–H groups in total. The third kappa shape index (κ3) is 6.09. The number of nitrogens with zero attached hydrogens (tertiary/aromatic N) is 3. The minimum atomic E-state index is -1.11. The topological polar surface area (TPSA) is 106 Å². The summed E-state index contributed by atoms with van der Waals surface area (Å²) in [5, 5.41) is 20.8. The van der Waals surface area contributed by atoms with E-state index in [1.807, 2.05) is 34.9 Å². The highest BCUT2D eigenvalue weighted by Gasteiger charge is 2.15. The van der Waals surface area contributed by atoms with Gasteiger partial charge in [-0.3, -0.25) is 9.36 Å². The Bertz CT molecular complexity index is 1090. The molecule has 2 aromatic carbocycles. The number of carbonyl (C=O) groups is 2. The molecule has 0 aliphatic carbocycles. The molecule has 0 aliphatic heterocycles. The number of allylic oxidation sites excluding steroid dienone is 1. The van der Waals surface area contributed by atoms with Gasteiger partial charge in [0.2, 0.25) is 5.91 Å². The maximum absolute atomic E-state index is 12.4. The molecular formula is C21H19ClN4O4S. The number of halogens is 1. The Morgan fingerprint density at radius 1 is 1.23 bits per heavy atom. The Balaban J connectivity index is 1.63. The van der Waals surface area contributed by atoms with Crippen LogP contribution in [0.5, 0.6) is 5.75 Å². The average Bonchev–Trinajstić information content (AvgIpc) is 3.15. The highest BCUT2D eigenvalue weighted by molar-refractivity contribution is 7.99. The summed E-state index contributed by atoms with van der Waals surface area (Å²) in [5.41, 5.74) is 0.262. The lowest BCUT2D eigenvalue weighted by Gasteiger charge is -2.10. The third-order valence-electron chi connectivity index (χ3n) is 4.04. The van der Waals surface area contributed by atoms with Gasteiger partial charge in [-0.15, -0.1) is 16.8 Å². The number of para-hydroxylation sites is 1. The van der Waals surface area contributed by atoms with Crippen molar-refractivity contribution in [3.05, 3.63) is 77.6 Å². The fourth-order valence-electron chi connectivity index (χ4n) is 2.58. The van der Waals surface area contributed by atoms with Crippen molar-refractivity contribution < 1.29 is 19.4 Å². The molecular weight excluding hydrogens is 440 g/mol. The number of ether oxygens (including phenoxy) is 1. The van der Waals surface area contributed by atoms with Crippen molar-refractivity contribution in [1.82, 2.24) is 14.8 Å². The number of hydrogen-bond acceptors (Lipinski definition) is 6. The van der Waals surface area contributed by atoms with E-state index in [1.165, 1.54) is 30.0 Å². The first-order valence-corrected chi connectivity index (χ1v) is 10.5. The van der Waals surface area contributed by atoms with E-state index in [4.69, 9.17) is 21.4 Å². The highest BCUT2D eigenvalue weighted by atomic mass is 35.5. The van der Waals surface area contributed by atoms with Crippen molar-refractivity contribution in [2.75, 3.05) is 11.1 Å². The van der Waals surface area contributed by atoms with Gasteiger partial charge in [-0.25, -0.2) is 4.79 Å². The van der Waals surface area contributed by atoms with E-state index in [0.29, 0.717) is 23.3 Å². The first-order chi connectivity index (χ1) is 15.0. The predicted molar refractivity (Wildman–Crippen MR) is 119 cm³/mol. The first kappa shape index (κ1) is 22.4. The largest absolute Gasteiger partial charge is 0.486 e. The van der Waals surface area contributed by atoms with Gasteiger partial charge in [0.25, 0.3) is 0 Å². The van der Waals surface area contributed by atoms with Crippen molar-refractivity contribution in [1.29, 1.82) is 0 Å². The molecule has 0 bridgehead atoms. The van der Waals surface area contributed by atoms with Crippen molar-refractivity contribution in [2.24, 2.45) is 0 Å². The van der Waals surface area contributed by atoms with Crippen LogP contribution in [0.4, 0.5) is 5.69 Å². The van der Waals surface area contributed by atoms with Crippen LogP contribution in [-0.4, -0.2) is 37.5 Å². The van der Waals surface area contributed by atoms with Gasteiger partial charge in [-0.2, -0.15) is 0 Å². The molecule has 10 heteroatoms. The molecule has 8 nitrogen and oxygen atoms in total. The monoisotopic (exact) mass is 458 g/mol. The molecule has 0 aliphatic rings. The molecule has 31 heavy (non-hydrogen) atoms. The summed E-state index contributed by atoms with van der Waals surface area (Å²) in [5.74, 6) is -0.120. The van der Waals surface area contributed by atoms with Crippen LogP contribution in [-0.2, 0) is 17.9 Å². The fourth-order valence-corrected chi connectivity index (χ4v) is 3.51. The Morgan fingerprint density at radius 3 is 2.71 bits per heavy atom. The molecule has 160 valence electrons. The molecule has 3 rings (SSSR count). The van der Waals surface area contributed by atoms with E-state index in [0.717, 1.165) is 0 Å². The standard InChI is InChI=1S/C21H19ClN4O4S/c1-2-10-26-18(12-30-15-6-4-3-5-7-15)24-25-21(26)31-13-19(27)23-17-11-14(20(28)29)8-9-16(17)22/h2-9,11H,1,10,12-13H2,(H,23,27)(H,28,29). The Hall–Kier alpha value is -3.30. The smallest absolute Gasteiger partial charge is 0.335 e. The molecule has 1 amide bonds. The van der Waals surface area contributed by atoms with E-state index in [9.17, 15) is 9.59 Å². The molecule has 0 fully saturated rings. The third-order valence-corrected chi connectivity index (χ3v) is 5.33. The van der Waals surface area contributed by atoms with Gasteiger partial charge in [-0.05, 0) is 30.3 Å². The first-order valence-electron chi connectivity index (χ1n) is 9.14. The number of anilines is 1. The second-order valence-corrected chi connectivity index (χ2v) is 7.59. The van der Waals surface area contributed by atoms with E-state index >= 15 is 0 Å². The fraction of sp³-hybridized carbons (Fsp3) is 0.143. The van der Waals surface area contributed by atoms with Crippen molar-refractivity contribution >= 4 is 40.9 Å². The van der Waals surface area contributed by atoms with Gasteiger partial charge in [0.1, 0.15) is 12.4 Å². The quantitative estimate of drug-likeness (QED) is 0.347. The van der Waals surface area contributed by atoms with Crippen molar-refractivity contribution in [3.8, 4) is 5.75 Å². The predicted octanol–water partition coefficient (Wildman–Crippen LogP) is 4.13. The van der Waals surface area contributed by atoms with Gasteiger partial charge < -0.3 is 15.2 Å². The lowest BCUT2D eigenvalue weighted by Crippen LogP contribution is -2.15. The highest BCUT2D eigenvalue weighted by Crippen LogP contribution is 2.24. The van der Waals surface area contributed by atoms with Gasteiger partial charge in [0, 0.05) is 6.54 Å². The summed E-state index contributed by atoms with van der Waals surface area (Å²) in [7, 11) is 0. The van der Waals surface area contributed by atoms with Crippen molar-refractivity contribution in [2.45, 2.75) is 18.3 Å². The van der Waals surface area contributed by atoms with Crippen LogP contribution in [0.25, 0.3) is 0 Å². The molecule has 0 unspecified atom stereocenters. The summed E-state index contributed by atoms with van der Waals surface area (Å²) in [4.78, 5) is 23.5. The number of aromatic carboxylic acids is 1. The van der Waals surface area contributed by atoms with Gasteiger partial charge in [0.05, 0.1) is 22.0 Å². The molecule has 0 radical (unpaired) electrons. The Morgan fingerprint density at radius 2 is 2.00 bits per heavy atom. The van der Waals surface area contributed by atoms with E-state index < -0.39 is 5.97 Å². The van der Waals surface area contributed by atoms with E-state index in [1.54, 1.807) is 6.08 Å². The number of amides is 1. The van der Waals surface area contributed by atoms with Crippen LogP contribution < -0.4 is 10.1 Å². The number of thioether (sulfide) groups is 1. The minimum Gasteiger partial charge on any atom is -0.486 e. The SMILES string of the molecule is C=CCn1c(COc2ccccc2)nnc1SCC(=O)Nc1cc(C(=O)O)ccc1Cl. The second-order valence-electron chi connectivity index (χ2n) is 6.24. The second kappa shape index (κ2) is 10.6. The lowest BCUT2D eigenvalue weighted by molar-refractivity contribution is -0.113. The molecule has 0 atom stereocenters. The van der Waals surface area contributed by atoms with Gasteiger partial charge >= 0.3 is 5.97 Å². The number of carboxylic acid groups (broad SMARTS) is 1. The molecule has 1 heterocycles. The molecule has 0 saturated heterocycles. The summed E-state index contributed by atoms with van der Waals surface area (Å²) in [6, 6.07) is 13.4. The summed E-state index contributed by atoms with van der Waals surface area (Å²) < 4.78 is 7.54. The van der Waals surface area contributed by atoms with E-state index in [-0.39, 0.29) is 34.5 Å². The summed E-state index contributed by atoms with van der Waals surface area (Å²) in [6.45, 7) is 4.42. The molecule has 3 aromatic rings. The summed E-state index contributed by atoms with van der Waals surface area (Å²) >= 11 is 7.24. The number of rotatable bonds is 10. The van der Waals surface area contributed by atoms with Gasteiger partial charge in [-0.1, -0.05) is 47.6 Å². The van der Waals surface area contributed by atoms with Gasteiger partial charge in [0.15, 0.2) is 11.0 Å². The number of aromatic nitrogens is 3. The number of carbonyl (C=O) groups excluding carboxylic acids is 1. The molecule has 0 saturated carbocycles.